The Kier molecular flexibility index (Phi) is 7.58. The fraction of sp³-hybridized carbons (Fsp3) is 0.167. The molecule has 0 atom stereocenters. The van der Waals surface area contributed by atoms with Gasteiger partial charge in [0.15, 0.2) is 0 Å². The zero-order valence-electron chi connectivity index (χ0n) is 16.8. The fourth-order valence-electron chi connectivity index (χ4n) is 2.73. The maximum Gasteiger partial charge on any atom is 0.255 e. The number of benzene rings is 3. The topological polar surface area (TPSA) is 76.7 Å². The number of rotatable bonds is 9. The summed E-state index contributed by atoms with van der Waals surface area (Å²) in [5, 5.41) is 5.70. The van der Waals surface area contributed by atoms with E-state index in [9.17, 15) is 9.59 Å². The summed E-state index contributed by atoms with van der Waals surface area (Å²) in [6, 6.07) is 23.4. The zero-order valence-corrected chi connectivity index (χ0v) is 16.8. The quantitative estimate of drug-likeness (QED) is 0.531. The van der Waals surface area contributed by atoms with Gasteiger partial charge in [-0.05, 0) is 54.1 Å². The van der Waals surface area contributed by atoms with Crippen molar-refractivity contribution in [3.8, 4) is 5.75 Å². The van der Waals surface area contributed by atoms with Gasteiger partial charge in [0.1, 0.15) is 12.4 Å². The summed E-state index contributed by atoms with van der Waals surface area (Å²) >= 11 is 0. The number of methoxy groups -OCH3 is 1. The number of carbonyl (C=O) groups excluding carboxylic acids is 2. The molecule has 2 N–H and O–H groups in total. The normalized spacial score (nSPS) is 10.3. The number of ether oxygens (including phenoxy) is 2. The first-order valence-electron chi connectivity index (χ1n) is 9.61. The third-order valence-corrected chi connectivity index (χ3v) is 4.37. The molecule has 0 unspecified atom stereocenters. The molecule has 0 bridgehead atoms. The van der Waals surface area contributed by atoms with Crippen molar-refractivity contribution in [1.82, 2.24) is 5.32 Å². The van der Waals surface area contributed by atoms with Crippen molar-refractivity contribution >= 4 is 17.5 Å². The van der Waals surface area contributed by atoms with Crippen LogP contribution in [0.5, 0.6) is 5.75 Å². The number of amides is 2. The highest BCUT2D eigenvalue weighted by Gasteiger charge is 2.09. The van der Waals surface area contributed by atoms with E-state index >= 15 is 0 Å². The average molecular weight is 404 g/mol. The molecule has 0 fully saturated rings. The van der Waals surface area contributed by atoms with Gasteiger partial charge in [-0.25, -0.2) is 0 Å². The molecule has 0 radical (unpaired) electrons. The molecule has 0 saturated heterocycles. The van der Waals surface area contributed by atoms with Crippen LogP contribution in [-0.4, -0.2) is 32.1 Å². The van der Waals surface area contributed by atoms with Crippen LogP contribution >= 0.6 is 0 Å². The van der Waals surface area contributed by atoms with E-state index < -0.39 is 0 Å². The van der Waals surface area contributed by atoms with Crippen LogP contribution in [0.15, 0.2) is 78.9 Å². The summed E-state index contributed by atoms with van der Waals surface area (Å²) in [6.07, 6.45) is 0. The molecule has 3 aromatic rings. The van der Waals surface area contributed by atoms with E-state index in [2.05, 4.69) is 10.6 Å². The highest BCUT2D eigenvalue weighted by Crippen LogP contribution is 2.15. The van der Waals surface area contributed by atoms with Gasteiger partial charge in [-0.15, -0.1) is 0 Å². The number of carbonyl (C=O) groups is 2. The molecule has 2 amide bonds. The minimum Gasteiger partial charge on any atom is -0.491 e. The summed E-state index contributed by atoms with van der Waals surface area (Å²) in [5.41, 5.74) is 2.69. The summed E-state index contributed by atoms with van der Waals surface area (Å²) in [6.45, 7) is 1.42. The van der Waals surface area contributed by atoms with Gasteiger partial charge in [-0.3, -0.25) is 9.59 Å². The van der Waals surface area contributed by atoms with Gasteiger partial charge in [0.2, 0.25) is 0 Å². The van der Waals surface area contributed by atoms with E-state index in [1.54, 1.807) is 55.6 Å². The zero-order chi connectivity index (χ0) is 21.2. The van der Waals surface area contributed by atoms with E-state index in [-0.39, 0.29) is 11.8 Å². The van der Waals surface area contributed by atoms with Crippen LogP contribution in [0.3, 0.4) is 0 Å². The highest BCUT2D eigenvalue weighted by molar-refractivity contribution is 6.04. The second-order valence-electron chi connectivity index (χ2n) is 6.57. The van der Waals surface area contributed by atoms with E-state index in [4.69, 9.17) is 9.47 Å². The van der Waals surface area contributed by atoms with Crippen LogP contribution in [0.1, 0.15) is 26.3 Å². The Labute approximate surface area is 175 Å². The molecule has 0 aromatic heterocycles. The van der Waals surface area contributed by atoms with Crippen LogP contribution in [0.2, 0.25) is 0 Å². The maximum absolute atomic E-state index is 12.4. The molecule has 0 aliphatic rings. The molecule has 0 aliphatic heterocycles. The number of hydrogen-bond acceptors (Lipinski definition) is 4. The summed E-state index contributed by atoms with van der Waals surface area (Å²) < 4.78 is 10.4. The molecule has 3 rings (SSSR count). The van der Waals surface area contributed by atoms with E-state index in [0.717, 1.165) is 5.56 Å². The van der Waals surface area contributed by atoms with Crippen LogP contribution in [0.4, 0.5) is 5.69 Å². The van der Waals surface area contributed by atoms with Crippen molar-refractivity contribution in [2.75, 3.05) is 25.6 Å². The van der Waals surface area contributed by atoms with E-state index in [0.29, 0.717) is 42.3 Å². The Balaban J connectivity index is 1.52. The van der Waals surface area contributed by atoms with E-state index in [1.165, 1.54) is 0 Å². The monoisotopic (exact) mass is 404 g/mol. The summed E-state index contributed by atoms with van der Waals surface area (Å²) in [5.74, 6) is 0.273. The highest BCUT2D eigenvalue weighted by atomic mass is 16.5. The molecule has 3 aromatic carbocycles. The minimum absolute atomic E-state index is 0.166. The van der Waals surface area contributed by atoms with Crippen molar-refractivity contribution in [1.29, 1.82) is 0 Å². The van der Waals surface area contributed by atoms with Crippen LogP contribution < -0.4 is 15.4 Å². The molecule has 6 heteroatoms. The number of anilines is 1. The van der Waals surface area contributed by atoms with E-state index in [1.807, 2.05) is 30.3 Å². The molecule has 30 heavy (non-hydrogen) atoms. The van der Waals surface area contributed by atoms with Gasteiger partial charge < -0.3 is 20.1 Å². The molecule has 6 nitrogen and oxygen atoms in total. The lowest BCUT2D eigenvalue weighted by molar-refractivity contribution is 0.0950. The van der Waals surface area contributed by atoms with Crippen molar-refractivity contribution in [2.24, 2.45) is 0 Å². The molecule has 0 spiro atoms. The standard InChI is InChI=1S/C24H24N2O4/c1-29-15-16-30-22-13-9-20(10-14-22)24(28)26-21-11-7-19(8-12-21)23(27)25-17-18-5-3-2-4-6-18/h2-14H,15-17H2,1H3,(H,25,27)(H,26,28). The van der Waals surface area contributed by atoms with Gasteiger partial charge in [0.05, 0.1) is 6.61 Å². The Morgan fingerprint density at radius 1 is 0.767 bits per heavy atom. The van der Waals surface area contributed by atoms with Gasteiger partial charge in [0, 0.05) is 30.5 Å². The summed E-state index contributed by atoms with van der Waals surface area (Å²) in [7, 11) is 1.61. The largest absolute Gasteiger partial charge is 0.491 e. The third kappa shape index (κ3) is 6.18. The Hall–Kier alpha value is -3.64. The van der Waals surface area contributed by atoms with Crippen molar-refractivity contribution in [3.63, 3.8) is 0 Å². The lowest BCUT2D eigenvalue weighted by Crippen LogP contribution is -2.22. The molecule has 0 aliphatic carbocycles. The smallest absolute Gasteiger partial charge is 0.255 e. The molecular formula is C24H24N2O4. The minimum atomic E-state index is -0.236. The number of hydrogen-bond donors (Lipinski definition) is 2. The lowest BCUT2D eigenvalue weighted by atomic mass is 10.1. The van der Waals surface area contributed by atoms with Gasteiger partial charge in [-0.2, -0.15) is 0 Å². The molecular weight excluding hydrogens is 380 g/mol. The van der Waals surface area contributed by atoms with Gasteiger partial charge >= 0.3 is 0 Å². The average Bonchev–Trinajstić information content (AvgIpc) is 2.79. The van der Waals surface area contributed by atoms with Crippen LogP contribution in [0, 0.1) is 0 Å². The van der Waals surface area contributed by atoms with Gasteiger partial charge in [0.25, 0.3) is 11.8 Å². The summed E-state index contributed by atoms with van der Waals surface area (Å²) in [4.78, 5) is 24.7. The van der Waals surface area contributed by atoms with Crippen molar-refractivity contribution < 1.29 is 19.1 Å². The second kappa shape index (κ2) is 10.8. The Bertz CT molecular complexity index is 955. The predicted molar refractivity (Wildman–Crippen MR) is 116 cm³/mol. The fourth-order valence-corrected chi connectivity index (χ4v) is 2.73. The first kappa shape index (κ1) is 21.1. The van der Waals surface area contributed by atoms with Crippen molar-refractivity contribution in [2.45, 2.75) is 6.54 Å². The lowest BCUT2D eigenvalue weighted by Gasteiger charge is -2.09. The Morgan fingerprint density at radius 2 is 1.40 bits per heavy atom. The molecule has 0 saturated carbocycles. The maximum atomic E-state index is 12.4. The van der Waals surface area contributed by atoms with Crippen molar-refractivity contribution in [3.05, 3.63) is 95.6 Å². The molecule has 154 valence electrons. The Morgan fingerprint density at radius 3 is 2.07 bits per heavy atom. The first-order valence-corrected chi connectivity index (χ1v) is 9.61. The van der Waals surface area contributed by atoms with Crippen LogP contribution in [-0.2, 0) is 11.3 Å². The first-order chi connectivity index (χ1) is 14.7. The third-order valence-electron chi connectivity index (χ3n) is 4.37. The molecule has 0 heterocycles. The number of nitrogens with one attached hydrogen (secondary N) is 2. The predicted octanol–water partition coefficient (Wildman–Crippen LogP) is 3.89. The second-order valence-corrected chi connectivity index (χ2v) is 6.57. The van der Waals surface area contributed by atoms with Gasteiger partial charge in [-0.1, -0.05) is 30.3 Å². The van der Waals surface area contributed by atoms with Crippen LogP contribution in [0.25, 0.3) is 0 Å². The SMILES string of the molecule is COCCOc1ccc(C(=O)Nc2ccc(C(=O)NCc3ccccc3)cc2)cc1.